The molecule has 5 nitrogen and oxygen atoms in total. The van der Waals surface area contributed by atoms with Crippen molar-refractivity contribution >= 4 is 12.0 Å². The topological polar surface area (TPSA) is 81.1 Å². The van der Waals surface area contributed by atoms with Crippen LogP contribution in [0.4, 0.5) is 5.82 Å². The first kappa shape index (κ1) is 8.96. The number of nitrogens with zero attached hydrogens (tertiary/aromatic N) is 2. The number of nitrogen functional groups attached to an aromatic ring is 1. The zero-order valence-corrected chi connectivity index (χ0v) is 7.55. The number of anilines is 1. The Morgan fingerprint density at radius 3 is 3.14 bits per heavy atom. The van der Waals surface area contributed by atoms with Gasteiger partial charge in [0, 0.05) is 24.9 Å². The minimum atomic E-state index is -0.388. The fourth-order valence-corrected chi connectivity index (χ4v) is 1.27. The summed E-state index contributed by atoms with van der Waals surface area (Å²) in [7, 11) is 0. The van der Waals surface area contributed by atoms with E-state index in [4.69, 9.17) is 10.8 Å². The van der Waals surface area contributed by atoms with Crippen molar-refractivity contribution in [2.45, 2.75) is 6.42 Å². The van der Waals surface area contributed by atoms with Gasteiger partial charge in [-0.2, -0.15) is 4.98 Å². The van der Waals surface area contributed by atoms with Crippen molar-refractivity contribution in [1.29, 1.82) is 0 Å². The van der Waals surface area contributed by atoms with Crippen molar-refractivity contribution in [3.63, 3.8) is 0 Å². The van der Waals surface area contributed by atoms with Gasteiger partial charge in [-0.05, 0) is 18.1 Å². The molecule has 0 unspecified atom stereocenters. The average molecular weight is 193 g/mol. The predicted octanol–water partition coefficient (Wildman–Crippen LogP) is -0.321. The first-order chi connectivity index (χ1) is 6.70. The number of hydrogen-bond acceptors (Lipinski definition) is 4. The van der Waals surface area contributed by atoms with Gasteiger partial charge in [0.05, 0.1) is 0 Å². The molecule has 0 spiro atoms. The summed E-state index contributed by atoms with van der Waals surface area (Å²) in [4.78, 5) is 14.8. The Labute approximate surface area is 80.5 Å². The van der Waals surface area contributed by atoms with Gasteiger partial charge in [-0.3, -0.25) is 4.57 Å². The normalized spacial score (nSPS) is 22.6. The van der Waals surface area contributed by atoms with Crippen LogP contribution in [0.1, 0.15) is 6.42 Å². The molecule has 1 aromatic rings. The largest absolute Gasteiger partial charge is 0.396 e. The zero-order chi connectivity index (χ0) is 10.1. The summed E-state index contributed by atoms with van der Waals surface area (Å²) < 4.78 is 1.38. The molecule has 1 aliphatic rings. The van der Waals surface area contributed by atoms with E-state index >= 15 is 0 Å². The van der Waals surface area contributed by atoms with E-state index in [1.165, 1.54) is 4.57 Å². The number of hydrogen-bond donors (Lipinski definition) is 2. The van der Waals surface area contributed by atoms with E-state index in [0.717, 1.165) is 12.0 Å². The minimum absolute atomic E-state index is 0.142. The summed E-state index contributed by atoms with van der Waals surface area (Å²) in [5.74, 6) is 0.443. The molecule has 2 rings (SSSR count). The molecule has 0 bridgehead atoms. The van der Waals surface area contributed by atoms with Gasteiger partial charge in [0.2, 0.25) is 0 Å². The SMILES string of the molecule is Nc1ccn(C=C2C[C@H]2CO)c(=O)n1. The van der Waals surface area contributed by atoms with Gasteiger partial charge in [0.15, 0.2) is 0 Å². The van der Waals surface area contributed by atoms with Crippen molar-refractivity contribution in [3.8, 4) is 0 Å². The lowest BCUT2D eigenvalue weighted by Gasteiger charge is -1.96. The number of aliphatic hydroxyl groups is 1. The monoisotopic (exact) mass is 193 g/mol. The molecule has 5 heteroatoms. The molecule has 0 aromatic carbocycles. The maximum atomic E-state index is 11.3. The second-order valence-electron chi connectivity index (χ2n) is 3.33. The van der Waals surface area contributed by atoms with Crippen molar-refractivity contribution < 1.29 is 5.11 Å². The third kappa shape index (κ3) is 1.67. The number of aliphatic hydroxyl groups excluding tert-OH is 1. The van der Waals surface area contributed by atoms with Crippen LogP contribution < -0.4 is 11.4 Å². The second kappa shape index (κ2) is 3.26. The summed E-state index contributed by atoms with van der Waals surface area (Å²) in [5, 5.41) is 8.80. The third-order valence-corrected chi connectivity index (χ3v) is 2.22. The predicted molar refractivity (Wildman–Crippen MR) is 52.4 cm³/mol. The molecule has 1 heterocycles. The first-order valence-corrected chi connectivity index (χ1v) is 4.37. The van der Waals surface area contributed by atoms with Crippen LogP contribution in [0.5, 0.6) is 0 Å². The van der Waals surface area contributed by atoms with Crippen LogP contribution >= 0.6 is 0 Å². The summed E-state index contributed by atoms with van der Waals surface area (Å²) in [6, 6.07) is 1.56. The lowest BCUT2D eigenvalue weighted by atomic mass is 10.4. The Balaban J connectivity index is 2.27. The molecule has 0 aliphatic heterocycles. The maximum Gasteiger partial charge on any atom is 0.353 e. The van der Waals surface area contributed by atoms with Crippen molar-refractivity contribution in [2.75, 3.05) is 12.3 Å². The number of rotatable bonds is 2. The number of aromatic nitrogens is 2. The Kier molecular flexibility index (Phi) is 2.09. The standard InChI is InChI=1S/C9H11N3O2/c10-8-1-2-12(9(14)11-8)4-6-3-7(6)5-13/h1-2,4,7,13H,3,5H2,(H2,10,11,14)/t7-/m0/s1. The van der Waals surface area contributed by atoms with E-state index in [0.29, 0.717) is 0 Å². The smallest absolute Gasteiger partial charge is 0.353 e. The molecule has 0 radical (unpaired) electrons. The van der Waals surface area contributed by atoms with Crippen LogP contribution in [0.15, 0.2) is 22.6 Å². The van der Waals surface area contributed by atoms with E-state index in [-0.39, 0.29) is 24.0 Å². The Morgan fingerprint density at radius 2 is 2.57 bits per heavy atom. The summed E-state index contributed by atoms with van der Waals surface area (Å²) in [5.41, 5.74) is 6.02. The maximum absolute atomic E-state index is 11.3. The van der Waals surface area contributed by atoms with Crippen LogP contribution in [-0.4, -0.2) is 21.3 Å². The van der Waals surface area contributed by atoms with E-state index in [1.807, 2.05) is 0 Å². The molecule has 1 fully saturated rings. The molecular formula is C9H11N3O2. The fourth-order valence-electron chi connectivity index (χ4n) is 1.27. The Morgan fingerprint density at radius 1 is 1.79 bits per heavy atom. The molecule has 14 heavy (non-hydrogen) atoms. The van der Waals surface area contributed by atoms with Gasteiger partial charge >= 0.3 is 5.69 Å². The molecule has 1 aliphatic carbocycles. The highest BCUT2D eigenvalue weighted by molar-refractivity contribution is 5.42. The van der Waals surface area contributed by atoms with Crippen molar-refractivity contribution in [3.05, 3.63) is 28.3 Å². The molecule has 0 amide bonds. The highest BCUT2D eigenvalue weighted by atomic mass is 16.3. The van der Waals surface area contributed by atoms with Crippen LogP contribution in [0.25, 0.3) is 6.20 Å². The van der Waals surface area contributed by atoms with Crippen LogP contribution in [0.2, 0.25) is 0 Å². The van der Waals surface area contributed by atoms with Crippen molar-refractivity contribution in [2.24, 2.45) is 5.92 Å². The average Bonchev–Trinajstić information content (AvgIpc) is 2.89. The summed E-state index contributed by atoms with van der Waals surface area (Å²) in [6.07, 6.45) is 4.13. The lowest BCUT2D eigenvalue weighted by Crippen LogP contribution is -2.19. The van der Waals surface area contributed by atoms with E-state index in [2.05, 4.69) is 4.98 Å². The highest BCUT2D eigenvalue weighted by Crippen LogP contribution is 2.37. The van der Waals surface area contributed by atoms with Crippen LogP contribution in [-0.2, 0) is 0 Å². The van der Waals surface area contributed by atoms with Crippen molar-refractivity contribution in [1.82, 2.24) is 9.55 Å². The fraction of sp³-hybridized carbons (Fsp3) is 0.333. The summed E-state index contributed by atoms with van der Waals surface area (Å²) >= 11 is 0. The van der Waals surface area contributed by atoms with Crippen LogP contribution in [0.3, 0.4) is 0 Å². The molecule has 1 saturated carbocycles. The highest BCUT2D eigenvalue weighted by Gasteiger charge is 2.28. The Bertz CT molecular complexity index is 436. The molecular weight excluding hydrogens is 182 g/mol. The summed E-state index contributed by atoms with van der Waals surface area (Å²) in [6.45, 7) is 0.142. The molecule has 3 N–H and O–H groups in total. The van der Waals surface area contributed by atoms with Gasteiger partial charge in [0.1, 0.15) is 5.82 Å². The van der Waals surface area contributed by atoms with Gasteiger partial charge in [-0.1, -0.05) is 0 Å². The van der Waals surface area contributed by atoms with E-state index in [9.17, 15) is 4.79 Å². The zero-order valence-electron chi connectivity index (χ0n) is 7.55. The van der Waals surface area contributed by atoms with Gasteiger partial charge in [0.25, 0.3) is 0 Å². The van der Waals surface area contributed by atoms with E-state index < -0.39 is 0 Å². The van der Waals surface area contributed by atoms with Gasteiger partial charge < -0.3 is 10.8 Å². The van der Waals surface area contributed by atoms with E-state index in [1.54, 1.807) is 18.5 Å². The number of nitrogens with two attached hydrogens (primary N) is 1. The molecule has 1 aromatic heterocycles. The minimum Gasteiger partial charge on any atom is -0.396 e. The Hall–Kier alpha value is -1.62. The molecule has 0 saturated heterocycles. The lowest BCUT2D eigenvalue weighted by molar-refractivity contribution is 0.281. The second-order valence-corrected chi connectivity index (χ2v) is 3.33. The molecule has 74 valence electrons. The van der Waals surface area contributed by atoms with Gasteiger partial charge in [-0.15, -0.1) is 0 Å². The quantitative estimate of drug-likeness (QED) is 0.674. The van der Waals surface area contributed by atoms with Gasteiger partial charge in [-0.25, -0.2) is 4.79 Å². The van der Waals surface area contributed by atoms with Crippen LogP contribution in [0, 0.1) is 5.92 Å². The molecule has 1 atom stereocenters. The first-order valence-electron chi connectivity index (χ1n) is 4.37. The third-order valence-electron chi connectivity index (χ3n) is 2.22.